The number of likely N-dealkylation sites (tertiary alicyclic amines) is 1. The first-order valence-electron chi connectivity index (χ1n) is 15.7. The summed E-state index contributed by atoms with van der Waals surface area (Å²) in [6, 6.07) is 13.5. The van der Waals surface area contributed by atoms with Gasteiger partial charge in [0, 0.05) is 19.6 Å². The van der Waals surface area contributed by atoms with E-state index in [9.17, 15) is 17.6 Å². The fourth-order valence-corrected chi connectivity index (χ4v) is 6.43. The summed E-state index contributed by atoms with van der Waals surface area (Å²) >= 11 is 0. The van der Waals surface area contributed by atoms with E-state index in [4.69, 9.17) is 24.5 Å². The molecule has 0 aliphatic carbocycles. The third-order valence-electron chi connectivity index (χ3n) is 9.04. The number of nitriles is 1. The fraction of sp³-hybridized carbons (Fsp3) is 0.382. The molecule has 11 nitrogen and oxygen atoms in total. The van der Waals surface area contributed by atoms with Crippen molar-refractivity contribution in [1.82, 2.24) is 29.6 Å². The van der Waals surface area contributed by atoms with Gasteiger partial charge in [-0.25, -0.2) is 9.37 Å². The first-order valence-corrected chi connectivity index (χ1v) is 15.7. The Morgan fingerprint density at radius 1 is 1.12 bits per heavy atom. The van der Waals surface area contributed by atoms with Crippen LogP contribution in [-0.2, 0) is 29.8 Å². The highest BCUT2D eigenvalue weighted by Gasteiger charge is 2.43. The second-order valence-electron chi connectivity index (χ2n) is 12.3. The van der Waals surface area contributed by atoms with E-state index in [2.05, 4.69) is 24.5 Å². The number of piperidine rings is 1. The largest absolute Gasteiger partial charge is 0.471 e. The van der Waals surface area contributed by atoms with Crippen LogP contribution in [0.3, 0.4) is 0 Å². The van der Waals surface area contributed by atoms with Crippen molar-refractivity contribution in [3.05, 3.63) is 82.9 Å². The summed E-state index contributed by atoms with van der Waals surface area (Å²) in [5, 5.41) is 12.6. The molecule has 0 saturated carbocycles. The van der Waals surface area contributed by atoms with Crippen molar-refractivity contribution in [2.45, 2.75) is 63.8 Å². The minimum Gasteiger partial charge on any atom is -0.444 e. The molecule has 2 atom stereocenters. The molecule has 7 rings (SSSR count). The van der Waals surface area contributed by atoms with E-state index in [0.29, 0.717) is 35.6 Å². The second kappa shape index (κ2) is 12.4. The van der Waals surface area contributed by atoms with Crippen molar-refractivity contribution in [3.63, 3.8) is 0 Å². The lowest BCUT2D eigenvalue weighted by Gasteiger charge is -2.32. The maximum absolute atomic E-state index is 15.0. The number of para-hydroxylation sites is 1. The van der Waals surface area contributed by atoms with Crippen LogP contribution in [0.15, 0.2) is 53.2 Å². The number of benzene rings is 2. The van der Waals surface area contributed by atoms with E-state index in [1.807, 2.05) is 29.7 Å². The minimum absolute atomic E-state index is 0.114. The van der Waals surface area contributed by atoms with Gasteiger partial charge in [0.15, 0.2) is 11.5 Å². The minimum atomic E-state index is -4.76. The van der Waals surface area contributed by atoms with E-state index in [-0.39, 0.29) is 34.7 Å². The molecule has 0 N–H and O–H groups in total. The van der Waals surface area contributed by atoms with Gasteiger partial charge >= 0.3 is 12.1 Å². The molecular formula is C34H31F4N7O4. The van der Waals surface area contributed by atoms with Gasteiger partial charge in [0.05, 0.1) is 53.6 Å². The molecule has 49 heavy (non-hydrogen) atoms. The molecule has 5 aromatic rings. The lowest BCUT2D eigenvalue weighted by Crippen LogP contribution is -2.34. The standard InChI is InChI=1S/C34H31F4N7O4/c1-19(46-3)17-45-27-16-40-26(31-42-32(49-43-31)34(36,37)38)14-25(27)41-29(45)18-44-11-9-21(10-12-44)22-5-4-6-28-30(22)48-33(2,47-28)23-8-7-20(15-39)13-24(23)35/h4-8,13-14,16,19,21H,9-12,17-18H2,1-3H3. The molecule has 1 fully saturated rings. The molecule has 2 aliphatic rings. The molecule has 2 aliphatic heterocycles. The zero-order valence-corrected chi connectivity index (χ0v) is 26.8. The number of nitrogens with zero attached hydrogens (tertiary/aromatic N) is 7. The van der Waals surface area contributed by atoms with Crippen LogP contribution >= 0.6 is 0 Å². The predicted molar refractivity (Wildman–Crippen MR) is 166 cm³/mol. The van der Waals surface area contributed by atoms with E-state index in [1.54, 1.807) is 32.4 Å². The van der Waals surface area contributed by atoms with Crippen molar-refractivity contribution < 1.29 is 36.3 Å². The number of imidazole rings is 1. The van der Waals surface area contributed by atoms with Crippen LogP contribution in [-0.4, -0.2) is 55.9 Å². The zero-order valence-electron chi connectivity index (χ0n) is 26.8. The summed E-state index contributed by atoms with van der Waals surface area (Å²) in [4.78, 5) is 14.9. The number of halogens is 4. The normalized spacial score (nSPS) is 19.0. The quantitative estimate of drug-likeness (QED) is 0.167. The third-order valence-corrected chi connectivity index (χ3v) is 9.04. The van der Waals surface area contributed by atoms with Crippen LogP contribution in [0.2, 0.25) is 0 Å². The Labute approximate surface area is 278 Å². The molecule has 0 amide bonds. The van der Waals surface area contributed by atoms with Gasteiger partial charge in [-0.1, -0.05) is 17.3 Å². The number of alkyl halides is 3. The number of hydrogen-bond acceptors (Lipinski definition) is 10. The van der Waals surface area contributed by atoms with E-state index >= 15 is 0 Å². The summed E-state index contributed by atoms with van der Waals surface area (Å²) in [5.41, 5.74) is 2.77. The first kappa shape index (κ1) is 32.5. The molecule has 2 unspecified atom stereocenters. The van der Waals surface area contributed by atoms with Crippen LogP contribution in [0.1, 0.15) is 61.0 Å². The van der Waals surface area contributed by atoms with Crippen LogP contribution < -0.4 is 9.47 Å². The van der Waals surface area contributed by atoms with Gasteiger partial charge in [-0.15, -0.1) is 0 Å². The van der Waals surface area contributed by atoms with Crippen LogP contribution in [0.5, 0.6) is 11.5 Å². The van der Waals surface area contributed by atoms with Gasteiger partial charge < -0.3 is 23.3 Å². The third kappa shape index (κ3) is 6.17. The van der Waals surface area contributed by atoms with Gasteiger partial charge in [0.2, 0.25) is 5.82 Å². The number of fused-ring (bicyclic) bond motifs is 2. The van der Waals surface area contributed by atoms with Gasteiger partial charge in [-0.05, 0) is 69.1 Å². The van der Waals surface area contributed by atoms with Crippen LogP contribution in [0, 0.1) is 17.1 Å². The summed E-state index contributed by atoms with van der Waals surface area (Å²) in [5.74, 6) is -1.62. The summed E-state index contributed by atoms with van der Waals surface area (Å²) < 4.78 is 78.5. The molecular weight excluding hydrogens is 646 g/mol. The van der Waals surface area contributed by atoms with E-state index < -0.39 is 23.7 Å². The highest BCUT2D eigenvalue weighted by Crippen LogP contribution is 2.49. The van der Waals surface area contributed by atoms with E-state index in [1.165, 1.54) is 18.2 Å². The highest BCUT2D eigenvalue weighted by molar-refractivity contribution is 5.78. The molecule has 1 saturated heterocycles. The SMILES string of the molecule is COC(C)Cn1c(CN2CCC(c3cccc4c3OC(C)(c3ccc(C#N)cc3F)O4)CC2)nc2cc(-c3noc(C(F)(F)F)n3)ncc21. The number of hydrogen-bond donors (Lipinski definition) is 0. The average molecular weight is 678 g/mol. The molecule has 5 heterocycles. The van der Waals surface area contributed by atoms with Crippen molar-refractivity contribution in [2.75, 3.05) is 20.2 Å². The topological polar surface area (TPSA) is 124 Å². The van der Waals surface area contributed by atoms with Crippen LogP contribution in [0.25, 0.3) is 22.6 Å². The fourth-order valence-electron chi connectivity index (χ4n) is 6.43. The Hall–Kier alpha value is -5.07. The molecule has 0 spiro atoms. The Morgan fingerprint density at radius 3 is 2.61 bits per heavy atom. The van der Waals surface area contributed by atoms with Gasteiger partial charge in [0.25, 0.3) is 5.79 Å². The Kier molecular flexibility index (Phi) is 8.24. The molecule has 254 valence electrons. The number of rotatable bonds is 8. The number of pyridine rings is 1. The first-order chi connectivity index (χ1) is 23.5. The second-order valence-corrected chi connectivity index (χ2v) is 12.3. The molecule has 3 aromatic heterocycles. The predicted octanol–water partition coefficient (Wildman–Crippen LogP) is 6.57. The molecule has 0 bridgehead atoms. The maximum Gasteiger partial charge on any atom is 0.471 e. The number of aromatic nitrogens is 5. The summed E-state index contributed by atoms with van der Waals surface area (Å²) in [6.07, 6.45) is -1.71. The lowest BCUT2D eigenvalue weighted by molar-refractivity contribution is -0.159. The van der Waals surface area contributed by atoms with Gasteiger partial charge in [0.1, 0.15) is 17.3 Å². The Morgan fingerprint density at radius 2 is 1.92 bits per heavy atom. The smallest absolute Gasteiger partial charge is 0.444 e. The average Bonchev–Trinajstić information content (AvgIpc) is 3.80. The van der Waals surface area contributed by atoms with Crippen molar-refractivity contribution in [1.29, 1.82) is 5.26 Å². The van der Waals surface area contributed by atoms with Gasteiger partial charge in [-0.2, -0.15) is 23.4 Å². The number of ether oxygens (including phenoxy) is 3. The Bertz CT molecular complexity index is 2070. The molecule has 15 heteroatoms. The monoisotopic (exact) mass is 677 g/mol. The number of methoxy groups -OCH3 is 1. The van der Waals surface area contributed by atoms with E-state index in [0.717, 1.165) is 37.3 Å². The summed E-state index contributed by atoms with van der Waals surface area (Å²) in [6.45, 7) is 6.13. The van der Waals surface area contributed by atoms with Gasteiger partial charge in [-0.3, -0.25) is 9.88 Å². The Balaban J connectivity index is 1.08. The van der Waals surface area contributed by atoms with Crippen molar-refractivity contribution in [2.24, 2.45) is 0 Å². The molecule has 0 radical (unpaired) electrons. The van der Waals surface area contributed by atoms with Crippen LogP contribution in [0.4, 0.5) is 17.6 Å². The highest BCUT2D eigenvalue weighted by atomic mass is 19.4. The lowest BCUT2D eigenvalue weighted by atomic mass is 9.88. The molecule has 2 aromatic carbocycles. The maximum atomic E-state index is 15.0. The summed E-state index contributed by atoms with van der Waals surface area (Å²) in [7, 11) is 1.62. The zero-order chi connectivity index (χ0) is 34.5. The van der Waals surface area contributed by atoms with Crippen molar-refractivity contribution >= 4 is 11.0 Å². The van der Waals surface area contributed by atoms with Crippen molar-refractivity contribution in [3.8, 4) is 29.1 Å².